The van der Waals surface area contributed by atoms with Crippen molar-refractivity contribution in [1.82, 2.24) is 4.90 Å². The fourth-order valence-electron chi connectivity index (χ4n) is 13.1. The Labute approximate surface area is 333 Å². The number of nitrogens with zero attached hydrogens (tertiary/aromatic N) is 1. The Kier molecular flexibility index (Phi) is 10.3. The van der Waals surface area contributed by atoms with Gasteiger partial charge in [-0.2, -0.15) is 0 Å². The van der Waals surface area contributed by atoms with Crippen molar-refractivity contribution in [2.45, 2.75) is 172 Å². The van der Waals surface area contributed by atoms with Gasteiger partial charge in [0.05, 0.1) is 41.2 Å². The zero-order chi connectivity index (χ0) is 42.2. The van der Waals surface area contributed by atoms with Crippen molar-refractivity contribution >= 4 is 23.9 Å². The van der Waals surface area contributed by atoms with Gasteiger partial charge in [-0.15, -0.1) is 0 Å². The van der Waals surface area contributed by atoms with E-state index in [4.69, 9.17) is 23.7 Å². The first-order chi connectivity index (χ1) is 26.3. The molecule has 6 N–H and O–H groups in total. The first kappa shape index (κ1) is 42.7. The minimum absolute atomic E-state index is 0.0170. The summed E-state index contributed by atoms with van der Waals surface area (Å²) in [6.45, 7) is 14.7. The lowest BCUT2D eigenvalue weighted by Crippen LogP contribution is -2.78. The van der Waals surface area contributed by atoms with E-state index < -0.39 is 130 Å². The van der Waals surface area contributed by atoms with Gasteiger partial charge in [0, 0.05) is 44.3 Å². The number of piperidine rings is 2. The van der Waals surface area contributed by atoms with Crippen molar-refractivity contribution < 1.29 is 73.5 Å². The Morgan fingerprint density at radius 1 is 0.930 bits per heavy atom. The first-order valence-electron chi connectivity index (χ1n) is 20.8. The molecule has 16 heteroatoms. The molecule has 7 fully saturated rings. The molecule has 16 nitrogen and oxygen atoms in total. The van der Waals surface area contributed by atoms with E-state index in [2.05, 4.69) is 11.8 Å². The lowest BCUT2D eigenvalue weighted by Gasteiger charge is -2.64. The molecule has 4 saturated carbocycles. The molecule has 57 heavy (non-hydrogen) atoms. The van der Waals surface area contributed by atoms with Crippen molar-refractivity contribution in [2.24, 2.45) is 46.8 Å². The maximum absolute atomic E-state index is 13.9. The first-order valence-corrected chi connectivity index (χ1v) is 20.8. The molecule has 322 valence electrons. The number of esters is 4. The van der Waals surface area contributed by atoms with Gasteiger partial charge in [0.1, 0.15) is 17.8 Å². The number of carbonyl (C=O) groups is 4. The topological polar surface area (TPSA) is 239 Å². The number of fused-ring (bicyclic) bond motifs is 5. The smallest absolute Gasteiger partial charge is 0.341 e. The number of ether oxygens (including phenoxy) is 5. The number of hydrogen-bond acceptors (Lipinski definition) is 16. The molecular weight excluding hydrogens is 746 g/mol. The van der Waals surface area contributed by atoms with Crippen LogP contribution in [0.1, 0.15) is 101 Å². The van der Waals surface area contributed by atoms with Crippen LogP contribution in [0.2, 0.25) is 0 Å². The summed E-state index contributed by atoms with van der Waals surface area (Å²) in [7, 11) is 0. The van der Waals surface area contributed by atoms with E-state index in [9.17, 15) is 49.8 Å². The van der Waals surface area contributed by atoms with E-state index in [0.29, 0.717) is 31.8 Å². The molecule has 3 saturated heterocycles. The zero-order valence-electron chi connectivity index (χ0n) is 34.5. The molecule has 20 atom stereocenters. The number of carbonyl (C=O) groups excluding carboxylic acids is 4. The predicted octanol–water partition coefficient (Wildman–Crippen LogP) is 0.578. The monoisotopic (exact) mass is 809 g/mol. The molecular formula is C41H63NO15. The molecule has 3 aliphatic heterocycles. The SMILES string of the molecule is CC[C@@H](C)C(=O)O[C@H]1[C@H](O)[C@H]2[C@@H](CN3C[C@@H](C)CC[C@H]3[C@@]2(C)O)[C@@H]2C[C@]34O[C@]5(O)[C@@H](OC(=O)[C@@](C)(O)[C@@H](C)O)CC[C@@]3(C)[C@@H]5[C@@H](OC(C)=O)[C@@H](OC(C)=O)[C@H]4[C@@]21O. The zero-order valence-corrected chi connectivity index (χ0v) is 34.5. The van der Waals surface area contributed by atoms with Crippen LogP contribution in [0.3, 0.4) is 0 Å². The van der Waals surface area contributed by atoms with E-state index in [1.165, 1.54) is 6.92 Å². The van der Waals surface area contributed by atoms with Gasteiger partial charge in [0.25, 0.3) is 0 Å². The summed E-state index contributed by atoms with van der Waals surface area (Å²) in [5.74, 6) is -11.5. The Hall–Kier alpha value is -2.44. The number of hydrogen-bond donors (Lipinski definition) is 6. The maximum Gasteiger partial charge on any atom is 0.341 e. The summed E-state index contributed by atoms with van der Waals surface area (Å²) in [5, 5.41) is 73.2. The highest BCUT2D eigenvalue weighted by Gasteiger charge is 2.90. The van der Waals surface area contributed by atoms with Gasteiger partial charge in [-0.25, -0.2) is 4.79 Å². The third-order valence-electron chi connectivity index (χ3n) is 16.1. The molecule has 7 aliphatic rings. The van der Waals surface area contributed by atoms with Crippen molar-refractivity contribution in [3.8, 4) is 0 Å². The van der Waals surface area contributed by atoms with Crippen LogP contribution < -0.4 is 0 Å². The van der Waals surface area contributed by atoms with Gasteiger partial charge in [-0.1, -0.05) is 27.7 Å². The maximum atomic E-state index is 13.9. The van der Waals surface area contributed by atoms with Crippen molar-refractivity contribution in [2.75, 3.05) is 13.1 Å². The Bertz CT molecular complexity index is 1650. The van der Waals surface area contributed by atoms with Crippen LogP contribution in [0.4, 0.5) is 0 Å². The predicted molar refractivity (Wildman–Crippen MR) is 196 cm³/mol. The third-order valence-corrected chi connectivity index (χ3v) is 16.1. The molecule has 4 bridgehead atoms. The molecule has 0 aromatic carbocycles. The second kappa shape index (κ2) is 13.8. The van der Waals surface area contributed by atoms with E-state index in [-0.39, 0.29) is 25.3 Å². The van der Waals surface area contributed by atoms with Gasteiger partial charge in [-0.3, -0.25) is 19.3 Å². The molecule has 0 unspecified atom stereocenters. The normalized spacial score (nSPS) is 50.4. The largest absolute Gasteiger partial charge is 0.458 e. The summed E-state index contributed by atoms with van der Waals surface area (Å²) in [5.41, 5.74) is -9.03. The molecule has 3 heterocycles. The summed E-state index contributed by atoms with van der Waals surface area (Å²) in [6, 6.07) is -0.329. The fourth-order valence-corrected chi connectivity index (χ4v) is 13.1. The van der Waals surface area contributed by atoms with Crippen LogP contribution in [-0.2, 0) is 42.9 Å². The standard InChI is InChI=1S/C41H63NO15/c1-10-19(3)34(47)56-33-28(46)27-23(17-42-16-18(2)11-12-25(42)38(27,9)50)24-15-39-32(40(24,33)51)30(54-22(6)45)29(53-21(5)44)31-36(39,7)14-13-26(41(31,52)57-39)55-35(48)37(8,49)20(4)43/h18-20,23-33,43,46,49-52H,10-17H2,1-9H3/t18-,19+,20+,23-,24-,25-,26-,27+,28+,29-,30+,31-,32+,33-,36-,37-,38+,39+,40-,41+/m0/s1. The van der Waals surface area contributed by atoms with Crippen LogP contribution >= 0.6 is 0 Å². The Morgan fingerprint density at radius 3 is 2.12 bits per heavy atom. The quantitative estimate of drug-likeness (QED) is 0.145. The lowest BCUT2D eigenvalue weighted by atomic mass is 9.48. The molecule has 1 spiro atoms. The van der Waals surface area contributed by atoms with E-state index in [1.807, 2.05) is 6.92 Å². The Balaban J connectivity index is 1.45. The van der Waals surface area contributed by atoms with Gasteiger partial charge in [0.15, 0.2) is 17.8 Å². The van der Waals surface area contributed by atoms with Crippen molar-refractivity contribution in [3.05, 3.63) is 0 Å². The minimum atomic E-state index is -2.47. The average molecular weight is 810 g/mol. The second-order valence-electron chi connectivity index (χ2n) is 19.4. The van der Waals surface area contributed by atoms with Crippen molar-refractivity contribution in [3.63, 3.8) is 0 Å². The minimum Gasteiger partial charge on any atom is -0.458 e. The molecule has 0 amide bonds. The van der Waals surface area contributed by atoms with E-state index in [0.717, 1.165) is 27.2 Å². The highest BCUT2D eigenvalue weighted by molar-refractivity contribution is 5.79. The van der Waals surface area contributed by atoms with Crippen LogP contribution in [0.25, 0.3) is 0 Å². The lowest BCUT2D eigenvalue weighted by molar-refractivity contribution is -0.301. The molecule has 0 radical (unpaired) electrons. The van der Waals surface area contributed by atoms with Crippen LogP contribution in [0.15, 0.2) is 0 Å². The van der Waals surface area contributed by atoms with Gasteiger partial charge >= 0.3 is 23.9 Å². The number of aliphatic hydroxyl groups is 6. The van der Waals surface area contributed by atoms with E-state index >= 15 is 0 Å². The van der Waals surface area contributed by atoms with Crippen molar-refractivity contribution in [1.29, 1.82) is 0 Å². The van der Waals surface area contributed by atoms with Gasteiger partial charge < -0.3 is 54.3 Å². The average Bonchev–Trinajstić information content (AvgIpc) is 3.40. The summed E-state index contributed by atoms with van der Waals surface area (Å²) in [6.07, 6.45) is -7.41. The van der Waals surface area contributed by atoms with Gasteiger partial charge in [0.2, 0.25) is 5.79 Å². The molecule has 0 aromatic rings. The van der Waals surface area contributed by atoms with Gasteiger partial charge in [-0.05, 0) is 77.0 Å². The number of aliphatic hydroxyl groups excluding tert-OH is 2. The van der Waals surface area contributed by atoms with E-state index in [1.54, 1.807) is 20.8 Å². The summed E-state index contributed by atoms with van der Waals surface area (Å²) in [4.78, 5) is 55.6. The second-order valence-corrected chi connectivity index (χ2v) is 19.4. The highest BCUT2D eigenvalue weighted by atomic mass is 16.7. The van der Waals surface area contributed by atoms with Crippen LogP contribution in [0, 0.1) is 46.8 Å². The number of rotatable bonds is 8. The fraction of sp³-hybridized carbons (Fsp3) is 0.902. The molecule has 4 aliphatic carbocycles. The summed E-state index contributed by atoms with van der Waals surface area (Å²) >= 11 is 0. The molecule has 0 aromatic heterocycles. The highest BCUT2D eigenvalue weighted by Crippen LogP contribution is 2.78. The molecule has 7 rings (SSSR count). The summed E-state index contributed by atoms with van der Waals surface area (Å²) < 4.78 is 31.1. The third kappa shape index (κ3) is 5.81. The van der Waals surface area contributed by atoms with Crippen LogP contribution in [0.5, 0.6) is 0 Å². The van der Waals surface area contributed by atoms with Crippen LogP contribution in [-0.4, -0.2) is 143 Å². The Morgan fingerprint density at radius 2 is 1.54 bits per heavy atom.